The van der Waals surface area contributed by atoms with E-state index in [1.165, 1.54) is 19.2 Å². The minimum atomic E-state index is -0.563. The molecule has 1 amide bonds. The fourth-order valence-corrected chi connectivity index (χ4v) is 2.39. The lowest BCUT2D eigenvalue weighted by Crippen LogP contribution is -2.33. The van der Waals surface area contributed by atoms with Gasteiger partial charge < -0.3 is 10.1 Å². The van der Waals surface area contributed by atoms with Gasteiger partial charge >= 0.3 is 0 Å². The molecule has 0 saturated heterocycles. The number of hydrogen-bond donors (Lipinski definition) is 1. The number of carbonyl (C=O) groups excluding carboxylic acids is 1. The molecule has 19 heavy (non-hydrogen) atoms. The van der Waals surface area contributed by atoms with Gasteiger partial charge in [-0.05, 0) is 37.0 Å². The van der Waals surface area contributed by atoms with Crippen LogP contribution in [0.15, 0.2) is 18.2 Å². The molecule has 1 atom stereocenters. The Morgan fingerprint density at radius 2 is 2.26 bits per heavy atom. The van der Waals surface area contributed by atoms with Crippen molar-refractivity contribution in [3.8, 4) is 5.75 Å². The Morgan fingerprint density at radius 3 is 2.84 bits per heavy atom. The van der Waals surface area contributed by atoms with E-state index in [9.17, 15) is 9.18 Å². The van der Waals surface area contributed by atoms with Crippen LogP contribution in [0.1, 0.15) is 30.6 Å². The lowest BCUT2D eigenvalue weighted by Gasteiger charge is -2.14. The molecule has 1 aromatic rings. The Kier molecular flexibility index (Phi) is 6.70. The van der Waals surface area contributed by atoms with Crippen LogP contribution in [0.2, 0.25) is 0 Å². The van der Waals surface area contributed by atoms with Crippen LogP contribution in [0.5, 0.6) is 5.75 Å². The van der Waals surface area contributed by atoms with Gasteiger partial charge in [-0.1, -0.05) is 6.92 Å². The van der Waals surface area contributed by atoms with E-state index < -0.39 is 5.82 Å². The van der Waals surface area contributed by atoms with Crippen molar-refractivity contribution >= 4 is 17.7 Å². The second kappa shape index (κ2) is 8.04. The van der Waals surface area contributed by atoms with Crippen LogP contribution in [-0.2, 0) is 0 Å². The molecule has 0 aromatic heterocycles. The molecule has 0 fully saturated rings. The number of rotatable bonds is 7. The van der Waals surface area contributed by atoms with E-state index in [1.54, 1.807) is 6.07 Å². The molecule has 1 N–H and O–H groups in total. The number of methoxy groups -OCH3 is 1. The zero-order valence-corrected chi connectivity index (χ0v) is 12.3. The highest BCUT2D eigenvalue weighted by Gasteiger charge is 2.14. The van der Waals surface area contributed by atoms with Crippen LogP contribution in [-0.4, -0.2) is 30.6 Å². The molecule has 0 aliphatic carbocycles. The molecule has 1 unspecified atom stereocenters. The van der Waals surface area contributed by atoms with Crippen molar-refractivity contribution in [1.29, 1.82) is 0 Å². The van der Waals surface area contributed by atoms with Crippen molar-refractivity contribution < 1.29 is 13.9 Å². The summed E-state index contributed by atoms with van der Waals surface area (Å²) in [6.07, 6.45) is 0.877. The predicted octanol–water partition coefficient (Wildman–Crippen LogP) is 3.10. The van der Waals surface area contributed by atoms with Gasteiger partial charge in [-0.15, -0.1) is 0 Å². The lowest BCUT2D eigenvalue weighted by molar-refractivity contribution is 0.0935. The molecule has 0 bridgehead atoms. The number of thioether (sulfide) groups is 1. The van der Waals surface area contributed by atoms with Crippen molar-refractivity contribution in [1.82, 2.24) is 5.32 Å². The van der Waals surface area contributed by atoms with Crippen molar-refractivity contribution in [2.45, 2.75) is 26.3 Å². The van der Waals surface area contributed by atoms with Crippen LogP contribution >= 0.6 is 11.8 Å². The summed E-state index contributed by atoms with van der Waals surface area (Å²) in [6.45, 7) is 4.02. The van der Waals surface area contributed by atoms with E-state index in [1.807, 2.05) is 18.7 Å². The fourth-order valence-electron chi connectivity index (χ4n) is 1.59. The molecule has 0 saturated carbocycles. The smallest absolute Gasteiger partial charge is 0.254 e. The Hall–Kier alpha value is -1.23. The fraction of sp³-hybridized carbons (Fsp3) is 0.500. The summed E-state index contributed by atoms with van der Waals surface area (Å²) >= 11 is 1.83. The van der Waals surface area contributed by atoms with E-state index in [4.69, 9.17) is 4.74 Å². The van der Waals surface area contributed by atoms with Gasteiger partial charge in [0.05, 0.1) is 12.7 Å². The number of hydrogen-bond acceptors (Lipinski definition) is 3. The molecule has 0 radical (unpaired) electrons. The van der Waals surface area contributed by atoms with Crippen LogP contribution in [0.25, 0.3) is 0 Å². The van der Waals surface area contributed by atoms with E-state index in [0.717, 1.165) is 17.9 Å². The first-order valence-electron chi connectivity index (χ1n) is 6.30. The Balaban J connectivity index is 2.57. The Bertz CT molecular complexity index is 426. The molecule has 1 rings (SSSR count). The molecule has 3 nitrogen and oxygen atoms in total. The first kappa shape index (κ1) is 15.8. The third-order valence-electron chi connectivity index (χ3n) is 2.70. The van der Waals surface area contributed by atoms with Gasteiger partial charge in [0.15, 0.2) is 0 Å². The average molecular weight is 285 g/mol. The molecule has 5 heteroatoms. The summed E-state index contributed by atoms with van der Waals surface area (Å²) in [7, 11) is 1.46. The predicted molar refractivity (Wildman–Crippen MR) is 77.5 cm³/mol. The number of ether oxygens (including phenoxy) is 1. The highest BCUT2D eigenvalue weighted by atomic mass is 32.2. The number of amides is 1. The molecule has 1 aromatic carbocycles. The summed E-state index contributed by atoms with van der Waals surface area (Å²) in [6, 6.07) is 4.27. The quantitative estimate of drug-likeness (QED) is 0.782. The first-order valence-corrected chi connectivity index (χ1v) is 7.46. The van der Waals surface area contributed by atoms with Crippen LogP contribution in [0.3, 0.4) is 0 Å². The number of benzene rings is 1. The van der Waals surface area contributed by atoms with Gasteiger partial charge in [-0.3, -0.25) is 4.79 Å². The molecule has 0 aliphatic rings. The monoisotopic (exact) mass is 285 g/mol. The summed E-state index contributed by atoms with van der Waals surface area (Å²) in [5, 5.41) is 2.80. The average Bonchev–Trinajstić information content (AvgIpc) is 2.38. The standard InChI is InChI=1S/C14H20FNO2S/c1-4-19-8-7-10(2)16-14(17)12-6-5-11(18-3)9-13(12)15/h5-6,9-10H,4,7-8H2,1-3H3,(H,16,17). The van der Waals surface area contributed by atoms with Gasteiger partial charge in [-0.2, -0.15) is 11.8 Å². The van der Waals surface area contributed by atoms with Gasteiger partial charge in [0, 0.05) is 12.1 Å². The number of halogens is 1. The normalized spacial score (nSPS) is 12.0. The third-order valence-corrected chi connectivity index (χ3v) is 3.63. The van der Waals surface area contributed by atoms with Gasteiger partial charge in [0.1, 0.15) is 11.6 Å². The molecule has 0 aliphatic heterocycles. The van der Waals surface area contributed by atoms with Crippen molar-refractivity contribution in [3.63, 3.8) is 0 Å². The molecular formula is C14H20FNO2S. The summed E-state index contributed by atoms with van der Waals surface area (Å²) in [4.78, 5) is 11.9. The maximum absolute atomic E-state index is 13.7. The first-order chi connectivity index (χ1) is 9.08. The van der Waals surface area contributed by atoms with E-state index >= 15 is 0 Å². The zero-order chi connectivity index (χ0) is 14.3. The van der Waals surface area contributed by atoms with Crippen LogP contribution in [0, 0.1) is 5.82 Å². The maximum atomic E-state index is 13.7. The van der Waals surface area contributed by atoms with Gasteiger partial charge in [0.25, 0.3) is 5.91 Å². The second-order valence-electron chi connectivity index (χ2n) is 4.21. The second-order valence-corrected chi connectivity index (χ2v) is 5.60. The minimum Gasteiger partial charge on any atom is -0.497 e. The highest BCUT2D eigenvalue weighted by molar-refractivity contribution is 7.99. The number of carbonyl (C=O) groups is 1. The lowest BCUT2D eigenvalue weighted by atomic mass is 10.1. The topological polar surface area (TPSA) is 38.3 Å². The largest absolute Gasteiger partial charge is 0.497 e. The van der Waals surface area contributed by atoms with E-state index in [0.29, 0.717) is 5.75 Å². The van der Waals surface area contributed by atoms with Crippen LogP contribution in [0.4, 0.5) is 4.39 Å². The van der Waals surface area contributed by atoms with Crippen molar-refractivity contribution in [3.05, 3.63) is 29.6 Å². The molecule has 106 valence electrons. The summed E-state index contributed by atoms with van der Waals surface area (Å²) in [5.41, 5.74) is 0.0517. The van der Waals surface area contributed by atoms with Gasteiger partial charge in [0.2, 0.25) is 0 Å². The summed E-state index contributed by atoms with van der Waals surface area (Å²) < 4.78 is 18.6. The van der Waals surface area contributed by atoms with Crippen molar-refractivity contribution in [2.75, 3.05) is 18.6 Å². The Labute approximate surface area is 117 Å². The SMILES string of the molecule is CCSCCC(C)NC(=O)c1ccc(OC)cc1F. The Morgan fingerprint density at radius 1 is 1.53 bits per heavy atom. The van der Waals surface area contributed by atoms with Gasteiger partial charge in [-0.25, -0.2) is 4.39 Å². The number of nitrogens with one attached hydrogen (secondary N) is 1. The maximum Gasteiger partial charge on any atom is 0.254 e. The third kappa shape index (κ3) is 5.11. The van der Waals surface area contributed by atoms with E-state index in [2.05, 4.69) is 12.2 Å². The van der Waals surface area contributed by atoms with Crippen LogP contribution < -0.4 is 10.1 Å². The van der Waals surface area contributed by atoms with Crippen molar-refractivity contribution in [2.24, 2.45) is 0 Å². The highest BCUT2D eigenvalue weighted by Crippen LogP contribution is 2.16. The molecule has 0 heterocycles. The minimum absolute atomic E-state index is 0.0352. The molecular weight excluding hydrogens is 265 g/mol. The molecule has 0 spiro atoms. The van der Waals surface area contributed by atoms with E-state index in [-0.39, 0.29) is 17.5 Å². The summed E-state index contributed by atoms with van der Waals surface area (Å²) in [5.74, 6) is 1.51. The zero-order valence-electron chi connectivity index (χ0n) is 11.5.